The highest BCUT2D eigenvalue weighted by atomic mass is 35.5. The van der Waals surface area contributed by atoms with Crippen LogP contribution in [0.25, 0.3) is 11.2 Å². The molecule has 1 aliphatic rings. The van der Waals surface area contributed by atoms with Crippen LogP contribution in [0.3, 0.4) is 0 Å². The molecule has 2 heterocycles. The van der Waals surface area contributed by atoms with Crippen molar-refractivity contribution in [3.63, 3.8) is 0 Å². The molecule has 2 aromatic heterocycles. The standard InChI is InChI=1S/C21H23ClN4O2/c1-4-9-25-19-18(23-16-12(2)10-13(3)17(16)24-19)20(27)26(21(25)28)11-14-5-7-15(22)8-6-14/h5-8,12-13H,4,9-11H2,1-3H3. The highest BCUT2D eigenvalue weighted by molar-refractivity contribution is 6.30. The molecule has 0 amide bonds. The van der Waals surface area contributed by atoms with Crippen LogP contribution in [0.1, 0.15) is 62.4 Å². The number of fused-ring (bicyclic) bond motifs is 2. The second-order valence-electron chi connectivity index (χ2n) is 7.66. The number of benzene rings is 1. The number of aryl methyl sites for hydroxylation is 1. The number of aromatic nitrogens is 4. The van der Waals surface area contributed by atoms with E-state index in [2.05, 4.69) is 13.8 Å². The Kier molecular flexibility index (Phi) is 4.83. The summed E-state index contributed by atoms with van der Waals surface area (Å²) in [7, 11) is 0. The molecule has 7 heteroatoms. The molecule has 2 atom stereocenters. The molecular weight excluding hydrogens is 376 g/mol. The molecule has 1 aromatic carbocycles. The monoisotopic (exact) mass is 398 g/mol. The van der Waals surface area contributed by atoms with Crippen molar-refractivity contribution in [2.45, 2.75) is 58.5 Å². The van der Waals surface area contributed by atoms with E-state index in [1.54, 1.807) is 16.7 Å². The van der Waals surface area contributed by atoms with Gasteiger partial charge in [-0.2, -0.15) is 0 Å². The van der Waals surface area contributed by atoms with Crippen molar-refractivity contribution in [3.8, 4) is 0 Å². The van der Waals surface area contributed by atoms with Crippen molar-refractivity contribution < 1.29 is 0 Å². The first kappa shape index (κ1) is 18.9. The third-order valence-electron chi connectivity index (χ3n) is 5.44. The second-order valence-corrected chi connectivity index (χ2v) is 8.09. The predicted octanol–water partition coefficient (Wildman–Crippen LogP) is 3.68. The first-order valence-electron chi connectivity index (χ1n) is 9.70. The number of rotatable bonds is 4. The van der Waals surface area contributed by atoms with Crippen molar-refractivity contribution in [2.24, 2.45) is 0 Å². The fraction of sp³-hybridized carbons (Fsp3) is 0.429. The van der Waals surface area contributed by atoms with E-state index in [4.69, 9.17) is 21.6 Å². The normalized spacial score (nSPS) is 18.6. The summed E-state index contributed by atoms with van der Waals surface area (Å²) in [4.78, 5) is 35.8. The van der Waals surface area contributed by atoms with Gasteiger partial charge in [0.1, 0.15) is 0 Å². The molecule has 0 bridgehead atoms. The van der Waals surface area contributed by atoms with Gasteiger partial charge in [0.25, 0.3) is 5.56 Å². The average Bonchev–Trinajstić information content (AvgIpc) is 2.96. The van der Waals surface area contributed by atoms with Gasteiger partial charge in [0, 0.05) is 23.4 Å². The molecule has 2 unspecified atom stereocenters. The molecule has 0 saturated carbocycles. The minimum Gasteiger partial charge on any atom is -0.276 e. The maximum Gasteiger partial charge on any atom is 0.333 e. The topological polar surface area (TPSA) is 69.8 Å². The van der Waals surface area contributed by atoms with Gasteiger partial charge in [-0.3, -0.25) is 13.9 Å². The lowest BCUT2D eigenvalue weighted by atomic mass is 10.1. The van der Waals surface area contributed by atoms with E-state index in [1.807, 2.05) is 19.1 Å². The van der Waals surface area contributed by atoms with E-state index in [-0.39, 0.29) is 35.1 Å². The molecule has 28 heavy (non-hydrogen) atoms. The molecule has 0 saturated heterocycles. The summed E-state index contributed by atoms with van der Waals surface area (Å²) in [6.45, 7) is 6.90. The van der Waals surface area contributed by atoms with Crippen molar-refractivity contribution >= 4 is 22.8 Å². The molecule has 0 aliphatic heterocycles. The largest absolute Gasteiger partial charge is 0.333 e. The molecule has 0 N–H and O–H groups in total. The van der Waals surface area contributed by atoms with Crippen molar-refractivity contribution in [1.82, 2.24) is 19.1 Å². The average molecular weight is 399 g/mol. The van der Waals surface area contributed by atoms with Gasteiger partial charge in [-0.25, -0.2) is 14.8 Å². The Morgan fingerprint density at radius 1 is 1.04 bits per heavy atom. The highest BCUT2D eigenvalue weighted by Crippen LogP contribution is 2.39. The summed E-state index contributed by atoms with van der Waals surface area (Å²) in [5.74, 6) is 0.543. The smallest absolute Gasteiger partial charge is 0.276 e. The Balaban J connectivity index is 1.97. The first-order valence-corrected chi connectivity index (χ1v) is 10.1. The van der Waals surface area contributed by atoms with E-state index in [9.17, 15) is 9.59 Å². The molecule has 6 nitrogen and oxygen atoms in total. The quantitative estimate of drug-likeness (QED) is 0.672. The van der Waals surface area contributed by atoms with Gasteiger partial charge in [0.2, 0.25) is 0 Å². The Labute approximate surface area is 167 Å². The third-order valence-corrected chi connectivity index (χ3v) is 5.69. The zero-order chi connectivity index (χ0) is 20.0. The van der Waals surface area contributed by atoms with E-state index in [0.29, 0.717) is 17.2 Å². The Morgan fingerprint density at radius 3 is 2.32 bits per heavy atom. The number of nitrogens with zero attached hydrogens (tertiary/aromatic N) is 4. The van der Waals surface area contributed by atoms with Crippen molar-refractivity contribution in [3.05, 3.63) is 67.1 Å². The number of halogens is 1. The first-order chi connectivity index (χ1) is 13.4. The van der Waals surface area contributed by atoms with Crippen LogP contribution in [-0.4, -0.2) is 19.1 Å². The summed E-state index contributed by atoms with van der Waals surface area (Å²) in [6, 6.07) is 7.15. The second kappa shape index (κ2) is 7.17. The minimum absolute atomic E-state index is 0.180. The van der Waals surface area contributed by atoms with Gasteiger partial charge in [0.05, 0.1) is 17.9 Å². The fourth-order valence-electron chi connectivity index (χ4n) is 4.05. The molecule has 146 valence electrons. The maximum atomic E-state index is 13.2. The van der Waals surface area contributed by atoms with E-state index in [0.717, 1.165) is 29.8 Å². The molecule has 0 spiro atoms. The lowest BCUT2D eigenvalue weighted by molar-refractivity contribution is 0.585. The SMILES string of the molecule is CCCn1c(=O)n(Cc2ccc(Cl)cc2)c(=O)c2nc3c(nc21)C(C)CC3C. The summed E-state index contributed by atoms with van der Waals surface area (Å²) in [6.07, 6.45) is 1.72. The molecule has 1 aliphatic carbocycles. The van der Waals surface area contributed by atoms with Crippen LogP contribution in [0.2, 0.25) is 5.02 Å². The zero-order valence-corrected chi connectivity index (χ0v) is 17.0. The van der Waals surface area contributed by atoms with Crippen LogP contribution in [-0.2, 0) is 13.1 Å². The third kappa shape index (κ3) is 3.05. The molecule has 3 aromatic rings. The van der Waals surface area contributed by atoms with Gasteiger partial charge < -0.3 is 0 Å². The summed E-state index contributed by atoms with van der Waals surface area (Å²) < 4.78 is 2.85. The Bertz CT molecular complexity index is 1160. The number of hydrogen-bond donors (Lipinski definition) is 0. The van der Waals surface area contributed by atoms with Crippen LogP contribution in [0.15, 0.2) is 33.9 Å². The minimum atomic E-state index is -0.385. The maximum absolute atomic E-state index is 13.2. The molecule has 0 fully saturated rings. The Morgan fingerprint density at radius 2 is 1.68 bits per heavy atom. The van der Waals surface area contributed by atoms with Crippen LogP contribution >= 0.6 is 11.6 Å². The number of hydrogen-bond acceptors (Lipinski definition) is 4. The van der Waals surface area contributed by atoms with Crippen LogP contribution in [0, 0.1) is 0 Å². The van der Waals surface area contributed by atoms with Gasteiger partial charge in [0.15, 0.2) is 11.2 Å². The van der Waals surface area contributed by atoms with Crippen LogP contribution < -0.4 is 11.2 Å². The summed E-state index contributed by atoms with van der Waals surface area (Å²) in [5.41, 5.74) is 2.59. The zero-order valence-electron chi connectivity index (χ0n) is 16.3. The Hall–Kier alpha value is -2.47. The lowest BCUT2D eigenvalue weighted by Gasteiger charge is -2.14. The summed E-state index contributed by atoms with van der Waals surface area (Å²) >= 11 is 5.95. The lowest BCUT2D eigenvalue weighted by Crippen LogP contribution is -2.41. The van der Waals surface area contributed by atoms with E-state index < -0.39 is 0 Å². The van der Waals surface area contributed by atoms with Gasteiger partial charge in [-0.05, 0) is 30.5 Å². The molecular formula is C21H23ClN4O2. The van der Waals surface area contributed by atoms with Gasteiger partial charge in [-0.1, -0.05) is 44.5 Å². The highest BCUT2D eigenvalue weighted by Gasteiger charge is 2.30. The molecule has 4 rings (SSSR count). The van der Waals surface area contributed by atoms with Gasteiger partial charge in [-0.15, -0.1) is 0 Å². The van der Waals surface area contributed by atoms with Crippen LogP contribution in [0.4, 0.5) is 0 Å². The van der Waals surface area contributed by atoms with Crippen molar-refractivity contribution in [1.29, 1.82) is 0 Å². The summed E-state index contributed by atoms with van der Waals surface area (Å²) in [5, 5.41) is 0.613. The van der Waals surface area contributed by atoms with Crippen LogP contribution in [0.5, 0.6) is 0 Å². The predicted molar refractivity (Wildman–Crippen MR) is 110 cm³/mol. The molecule has 0 radical (unpaired) electrons. The van der Waals surface area contributed by atoms with E-state index >= 15 is 0 Å². The van der Waals surface area contributed by atoms with Gasteiger partial charge >= 0.3 is 5.69 Å². The van der Waals surface area contributed by atoms with E-state index in [1.165, 1.54) is 4.57 Å². The fourth-order valence-corrected chi connectivity index (χ4v) is 4.18. The van der Waals surface area contributed by atoms with Crippen molar-refractivity contribution in [2.75, 3.05) is 0 Å².